The Labute approximate surface area is 200 Å². The number of halogens is 2. The van der Waals surface area contributed by atoms with Gasteiger partial charge in [0.15, 0.2) is 17.4 Å². The summed E-state index contributed by atoms with van der Waals surface area (Å²) in [6.45, 7) is 4.02. The number of thioether (sulfide) groups is 1. The Hall–Kier alpha value is -2.57. The number of rotatable bonds is 14. The van der Waals surface area contributed by atoms with E-state index in [2.05, 4.69) is 6.92 Å². The molecule has 33 heavy (non-hydrogen) atoms. The molecule has 0 aromatic heterocycles. The average molecular weight is 471 g/mol. The highest BCUT2D eigenvalue weighted by molar-refractivity contribution is 7.99. The first-order valence-electron chi connectivity index (χ1n) is 11.8. The summed E-state index contributed by atoms with van der Waals surface area (Å²) in [6, 6.07) is 10.3. The fraction of sp³-hybridized carbons (Fsp3) is 0.481. The van der Waals surface area contributed by atoms with Gasteiger partial charge in [-0.1, -0.05) is 82.9 Å². The van der Waals surface area contributed by atoms with Gasteiger partial charge in [0.1, 0.15) is 29.0 Å². The van der Waals surface area contributed by atoms with Crippen LogP contribution in [-0.4, -0.2) is 5.75 Å². The molecule has 0 aliphatic rings. The van der Waals surface area contributed by atoms with Crippen molar-refractivity contribution in [3.05, 3.63) is 52.6 Å². The zero-order valence-corrected chi connectivity index (χ0v) is 20.4. The molecule has 0 spiro atoms. The van der Waals surface area contributed by atoms with E-state index in [1.807, 2.05) is 6.07 Å². The third-order valence-electron chi connectivity index (χ3n) is 5.57. The lowest BCUT2D eigenvalue weighted by Crippen LogP contribution is -2.03. The maximum absolute atomic E-state index is 15.1. The fourth-order valence-corrected chi connectivity index (χ4v) is 4.66. The monoisotopic (exact) mass is 470 g/mol. The van der Waals surface area contributed by atoms with Crippen molar-refractivity contribution in [2.45, 2.75) is 83.0 Å². The fourth-order valence-electron chi connectivity index (χ4n) is 3.62. The van der Waals surface area contributed by atoms with Gasteiger partial charge in [0.05, 0.1) is 4.90 Å². The third-order valence-corrected chi connectivity index (χ3v) is 6.71. The van der Waals surface area contributed by atoms with E-state index < -0.39 is 22.8 Å². The highest BCUT2D eigenvalue weighted by atomic mass is 32.2. The van der Waals surface area contributed by atoms with E-state index in [4.69, 9.17) is 4.74 Å². The van der Waals surface area contributed by atoms with Crippen LogP contribution in [0.3, 0.4) is 0 Å². The molecule has 0 radical (unpaired) electrons. The van der Waals surface area contributed by atoms with E-state index in [1.54, 1.807) is 37.3 Å². The maximum atomic E-state index is 15.1. The van der Waals surface area contributed by atoms with Crippen LogP contribution in [0, 0.1) is 41.2 Å². The van der Waals surface area contributed by atoms with Crippen LogP contribution in [-0.2, 0) is 0 Å². The SMILES string of the molecule is CCCCCCCCCCCCSc1c(F)c(C#N)c(C#N)c(F)c1Oc1ccccc1C. The second-order valence-corrected chi connectivity index (χ2v) is 9.26. The third kappa shape index (κ3) is 7.76. The van der Waals surface area contributed by atoms with Crippen LogP contribution in [0.4, 0.5) is 8.78 Å². The highest BCUT2D eigenvalue weighted by Gasteiger charge is 2.27. The Morgan fingerprint density at radius 1 is 0.818 bits per heavy atom. The van der Waals surface area contributed by atoms with Crippen molar-refractivity contribution in [3.63, 3.8) is 0 Å². The van der Waals surface area contributed by atoms with Crippen LogP contribution < -0.4 is 4.74 Å². The maximum Gasteiger partial charge on any atom is 0.186 e. The van der Waals surface area contributed by atoms with E-state index in [0.717, 1.165) is 36.6 Å². The number of hydrogen-bond acceptors (Lipinski definition) is 4. The summed E-state index contributed by atoms with van der Waals surface area (Å²) in [5.74, 6) is -1.26. The van der Waals surface area contributed by atoms with E-state index in [-0.39, 0.29) is 10.6 Å². The van der Waals surface area contributed by atoms with Gasteiger partial charge in [0.2, 0.25) is 0 Å². The smallest absolute Gasteiger partial charge is 0.186 e. The van der Waals surface area contributed by atoms with Gasteiger partial charge in [-0.15, -0.1) is 11.8 Å². The molecule has 0 heterocycles. The van der Waals surface area contributed by atoms with Gasteiger partial charge in [-0.25, -0.2) is 8.78 Å². The van der Waals surface area contributed by atoms with Crippen molar-refractivity contribution in [2.24, 2.45) is 0 Å². The first-order valence-corrected chi connectivity index (χ1v) is 12.7. The summed E-state index contributed by atoms with van der Waals surface area (Å²) in [7, 11) is 0. The van der Waals surface area contributed by atoms with Crippen molar-refractivity contribution in [3.8, 4) is 23.6 Å². The molecule has 176 valence electrons. The summed E-state index contributed by atoms with van der Waals surface area (Å²) in [5, 5.41) is 18.6. The molecule has 2 aromatic carbocycles. The molecule has 0 N–H and O–H groups in total. The number of ether oxygens (including phenoxy) is 1. The topological polar surface area (TPSA) is 56.8 Å². The lowest BCUT2D eigenvalue weighted by atomic mass is 10.1. The van der Waals surface area contributed by atoms with Crippen molar-refractivity contribution < 1.29 is 13.5 Å². The summed E-state index contributed by atoms with van der Waals surface area (Å²) >= 11 is 1.14. The largest absolute Gasteiger partial charge is 0.453 e. The molecule has 0 fully saturated rings. The van der Waals surface area contributed by atoms with E-state index >= 15 is 8.78 Å². The Morgan fingerprint density at radius 2 is 1.36 bits per heavy atom. The molecule has 0 saturated heterocycles. The van der Waals surface area contributed by atoms with E-state index in [9.17, 15) is 10.5 Å². The van der Waals surface area contributed by atoms with Gasteiger partial charge in [-0.2, -0.15) is 10.5 Å². The summed E-state index contributed by atoms with van der Waals surface area (Å²) in [6.07, 6.45) is 11.9. The number of nitriles is 2. The molecule has 6 heteroatoms. The minimum absolute atomic E-state index is 0.0535. The van der Waals surface area contributed by atoms with E-state index in [1.165, 1.54) is 44.9 Å². The first kappa shape index (κ1) is 26.7. The zero-order chi connectivity index (χ0) is 24.1. The van der Waals surface area contributed by atoms with Crippen LogP contribution in [0.25, 0.3) is 0 Å². The first-order chi connectivity index (χ1) is 16.0. The van der Waals surface area contributed by atoms with Crippen LogP contribution in [0.1, 0.15) is 87.8 Å². The normalized spacial score (nSPS) is 10.6. The van der Waals surface area contributed by atoms with Crippen molar-refractivity contribution in [1.82, 2.24) is 0 Å². The highest BCUT2D eigenvalue weighted by Crippen LogP contribution is 2.41. The number of aryl methyl sites for hydroxylation is 1. The quantitative estimate of drug-likeness (QED) is 0.204. The van der Waals surface area contributed by atoms with Gasteiger partial charge < -0.3 is 4.74 Å². The predicted octanol–water partition coefficient (Wildman–Crippen LogP) is 8.82. The lowest BCUT2D eigenvalue weighted by Gasteiger charge is -2.16. The molecular formula is C27H32F2N2OS. The molecule has 0 saturated carbocycles. The van der Waals surface area contributed by atoms with Crippen LogP contribution >= 0.6 is 11.8 Å². The molecular weight excluding hydrogens is 438 g/mol. The Bertz CT molecular complexity index is 995. The van der Waals surface area contributed by atoms with Gasteiger partial charge >= 0.3 is 0 Å². The zero-order valence-electron chi connectivity index (χ0n) is 19.6. The van der Waals surface area contributed by atoms with E-state index in [0.29, 0.717) is 11.5 Å². The summed E-state index contributed by atoms with van der Waals surface area (Å²) in [5.41, 5.74) is -0.439. The molecule has 0 atom stereocenters. The molecule has 0 bridgehead atoms. The molecule has 0 amide bonds. The predicted molar refractivity (Wildman–Crippen MR) is 130 cm³/mol. The number of unbranched alkanes of at least 4 members (excludes halogenated alkanes) is 9. The van der Waals surface area contributed by atoms with Gasteiger partial charge in [-0.05, 0) is 30.7 Å². The van der Waals surface area contributed by atoms with Crippen molar-refractivity contribution in [1.29, 1.82) is 10.5 Å². The minimum atomic E-state index is -0.996. The standard InChI is InChI=1S/C27H32F2N2OS/c1-3-4-5-6-7-8-9-10-11-14-17-33-27-25(29)22(19-31)21(18-30)24(28)26(27)32-23-16-13-12-15-20(23)2/h12-13,15-16H,3-11,14,17H2,1-2H3. The Balaban J connectivity index is 2.03. The molecule has 3 nitrogen and oxygen atoms in total. The average Bonchev–Trinajstić information content (AvgIpc) is 2.82. The van der Waals surface area contributed by atoms with Crippen molar-refractivity contribution in [2.75, 3.05) is 5.75 Å². The number of hydrogen-bond donors (Lipinski definition) is 0. The molecule has 0 aliphatic carbocycles. The second kappa shape index (κ2) is 14.6. The number of benzene rings is 2. The molecule has 0 unspecified atom stereocenters. The molecule has 2 rings (SSSR count). The Morgan fingerprint density at radius 3 is 1.94 bits per heavy atom. The van der Waals surface area contributed by atoms with Gasteiger partial charge in [0.25, 0.3) is 0 Å². The summed E-state index contributed by atoms with van der Waals surface area (Å²) in [4.78, 5) is -0.0535. The van der Waals surface area contributed by atoms with Crippen molar-refractivity contribution >= 4 is 11.8 Å². The molecule has 2 aromatic rings. The lowest BCUT2D eigenvalue weighted by molar-refractivity contribution is 0.416. The van der Waals surface area contributed by atoms with Crippen LogP contribution in [0.5, 0.6) is 11.5 Å². The van der Waals surface area contributed by atoms with Gasteiger partial charge in [0, 0.05) is 0 Å². The van der Waals surface area contributed by atoms with Crippen LogP contribution in [0.2, 0.25) is 0 Å². The van der Waals surface area contributed by atoms with Crippen LogP contribution in [0.15, 0.2) is 29.2 Å². The Kier molecular flexibility index (Phi) is 11.8. The van der Waals surface area contributed by atoms with Gasteiger partial charge in [-0.3, -0.25) is 0 Å². The second-order valence-electron chi connectivity index (χ2n) is 8.16. The number of para-hydroxylation sites is 1. The molecule has 0 aliphatic heterocycles. The number of nitrogens with zero attached hydrogens (tertiary/aromatic N) is 2. The minimum Gasteiger partial charge on any atom is -0.453 e. The summed E-state index contributed by atoms with van der Waals surface area (Å²) < 4.78 is 36.0.